The van der Waals surface area contributed by atoms with Crippen LogP contribution in [0.4, 0.5) is 4.79 Å². The van der Waals surface area contributed by atoms with Gasteiger partial charge in [0.1, 0.15) is 0 Å². The largest absolute Gasteiger partial charge is 0.372 e. The van der Waals surface area contributed by atoms with Crippen molar-refractivity contribution in [3.05, 3.63) is 0 Å². The zero-order valence-electron chi connectivity index (χ0n) is 11.5. The highest BCUT2D eigenvalue weighted by atomic mass is 32.2. The standard InChI is InChI=1S/C12H22N2O4S/c1-9-6-14(7-10(2)18-9)12(15)13-5-11-3-4-19(16,17)8-11/h9-11H,3-8H2,1-2H3,(H,13,15). The fourth-order valence-corrected chi connectivity index (χ4v) is 4.58. The van der Waals surface area contributed by atoms with Gasteiger partial charge in [-0.2, -0.15) is 0 Å². The van der Waals surface area contributed by atoms with Crippen molar-refractivity contribution >= 4 is 15.9 Å². The number of amides is 2. The molecule has 19 heavy (non-hydrogen) atoms. The zero-order valence-corrected chi connectivity index (χ0v) is 12.3. The Morgan fingerprint density at radius 1 is 1.32 bits per heavy atom. The molecule has 0 radical (unpaired) electrons. The molecule has 0 aromatic heterocycles. The maximum atomic E-state index is 12.0. The Kier molecular flexibility index (Phi) is 4.35. The van der Waals surface area contributed by atoms with Gasteiger partial charge in [0.15, 0.2) is 9.84 Å². The first-order valence-corrected chi connectivity index (χ1v) is 8.56. The minimum Gasteiger partial charge on any atom is -0.372 e. The maximum Gasteiger partial charge on any atom is 0.317 e. The van der Waals surface area contributed by atoms with Crippen LogP contribution in [0.1, 0.15) is 20.3 Å². The van der Waals surface area contributed by atoms with Crippen LogP contribution in [0.5, 0.6) is 0 Å². The minimum absolute atomic E-state index is 0.0429. The number of morpholine rings is 1. The predicted molar refractivity (Wildman–Crippen MR) is 71.7 cm³/mol. The maximum absolute atomic E-state index is 12.0. The van der Waals surface area contributed by atoms with Gasteiger partial charge in [0.05, 0.1) is 23.7 Å². The summed E-state index contributed by atoms with van der Waals surface area (Å²) in [5.41, 5.74) is 0. The van der Waals surface area contributed by atoms with Gasteiger partial charge in [-0.25, -0.2) is 13.2 Å². The van der Waals surface area contributed by atoms with Crippen LogP contribution in [-0.2, 0) is 14.6 Å². The molecule has 2 heterocycles. The lowest BCUT2D eigenvalue weighted by Gasteiger charge is -2.35. The summed E-state index contributed by atoms with van der Waals surface area (Å²) in [4.78, 5) is 13.8. The molecule has 6 nitrogen and oxygen atoms in total. The molecule has 3 unspecified atom stereocenters. The van der Waals surface area contributed by atoms with Gasteiger partial charge in [-0.05, 0) is 26.2 Å². The predicted octanol–water partition coefficient (Wildman–Crippen LogP) is 0.240. The number of nitrogens with zero attached hydrogens (tertiary/aromatic N) is 1. The first kappa shape index (κ1) is 14.6. The molecule has 0 spiro atoms. The molecule has 0 aromatic rings. The Bertz CT molecular complexity index is 427. The molecule has 2 aliphatic rings. The molecule has 7 heteroatoms. The first-order valence-electron chi connectivity index (χ1n) is 6.74. The van der Waals surface area contributed by atoms with Gasteiger partial charge in [-0.1, -0.05) is 0 Å². The van der Waals surface area contributed by atoms with E-state index in [-0.39, 0.29) is 35.7 Å². The van der Waals surface area contributed by atoms with Gasteiger partial charge in [0.2, 0.25) is 0 Å². The number of carbonyl (C=O) groups is 1. The van der Waals surface area contributed by atoms with E-state index >= 15 is 0 Å². The summed E-state index contributed by atoms with van der Waals surface area (Å²) >= 11 is 0. The SMILES string of the molecule is CC1CN(C(=O)NCC2CCS(=O)(=O)C2)CC(C)O1. The lowest BCUT2D eigenvalue weighted by Crippen LogP contribution is -2.52. The third-order valence-electron chi connectivity index (χ3n) is 3.58. The molecule has 3 atom stereocenters. The van der Waals surface area contributed by atoms with E-state index in [4.69, 9.17) is 4.74 Å². The molecule has 2 aliphatic heterocycles. The molecule has 2 rings (SSSR count). The summed E-state index contributed by atoms with van der Waals surface area (Å²) in [5, 5.41) is 2.84. The van der Waals surface area contributed by atoms with Crippen molar-refractivity contribution in [3.63, 3.8) is 0 Å². The fraction of sp³-hybridized carbons (Fsp3) is 0.917. The minimum atomic E-state index is -2.87. The van der Waals surface area contributed by atoms with Crippen molar-refractivity contribution < 1.29 is 17.9 Å². The van der Waals surface area contributed by atoms with Gasteiger partial charge in [0, 0.05) is 19.6 Å². The number of rotatable bonds is 2. The van der Waals surface area contributed by atoms with E-state index in [1.165, 1.54) is 0 Å². The van der Waals surface area contributed by atoms with Gasteiger partial charge in [-0.3, -0.25) is 0 Å². The third kappa shape index (κ3) is 4.07. The molecule has 2 saturated heterocycles. The van der Waals surface area contributed by atoms with E-state index in [0.717, 1.165) is 0 Å². The summed E-state index contributed by atoms with van der Waals surface area (Å²) < 4.78 is 28.2. The second kappa shape index (κ2) is 5.66. The molecule has 0 saturated carbocycles. The lowest BCUT2D eigenvalue weighted by atomic mass is 10.1. The Morgan fingerprint density at radius 3 is 2.47 bits per heavy atom. The number of sulfone groups is 1. The normalized spacial score (nSPS) is 34.2. The molecule has 110 valence electrons. The second-order valence-corrected chi connectivity index (χ2v) is 7.85. The third-order valence-corrected chi connectivity index (χ3v) is 5.41. The molecule has 0 bridgehead atoms. The highest BCUT2D eigenvalue weighted by Gasteiger charge is 2.30. The number of nitrogens with one attached hydrogen (secondary N) is 1. The van der Waals surface area contributed by atoms with Crippen molar-refractivity contribution in [2.45, 2.75) is 32.5 Å². The Hall–Kier alpha value is -0.820. The van der Waals surface area contributed by atoms with Crippen LogP contribution in [-0.4, -0.2) is 62.7 Å². The number of urea groups is 1. The van der Waals surface area contributed by atoms with Crippen LogP contribution < -0.4 is 5.32 Å². The monoisotopic (exact) mass is 290 g/mol. The fourth-order valence-electron chi connectivity index (χ4n) is 2.72. The number of hydrogen-bond donors (Lipinski definition) is 1. The smallest absolute Gasteiger partial charge is 0.317 e. The Labute approximate surface area is 114 Å². The van der Waals surface area contributed by atoms with Crippen molar-refractivity contribution in [2.75, 3.05) is 31.1 Å². The second-order valence-electron chi connectivity index (χ2n) is 5.62. The average Bonchev–Trinajstić information content (AvgIpc) is 2.64. The zero-order chi connectivity index (χ0) is 14.0. The van der Waals surface area contributed by atoms with Crippen molar-refractivity contribution in [2.24, 2.45) is 5.92 Å². The Morgan fingerprint density at radius 2 is 1.95 bits per heavy atom. The highest BCUT2D eigenvalue weighted by Crippen LogP contribution is 2.17. The summed E-state index contributed by atoms with van der Waals surface area (Å²) in [6.07, 6.45) is 0.737. The van der Waals surface area contributed by atoms with E-state index < -0.39 is 9.84 Å². The van der Waals surface area contributed by atoms with E-state index in [1.54, 1.807) is 4.90 Å². The van der Waals surface area contributed by atoms with Crippen LogP contribution >= 0.6 is 0 Å². The average molecular weight is 290 g/mol. The van der Waals surface area contributed by atoms with Crippen LogP contribution in [0, 0.1) is 5.92 Å². The summed E-state index contributed by atoms with van der Waals surface area (Å²) in [7, 11) is -2.87. The molecule has 0 aliphatic carbocycles. The van der Waals surface area contributed by atoms with Crippen LogP contribution in [0.25, 0.3) is 0 Å². The summed E-state index contributed by atoms with van der Waals surface area (Å²) in [5.74, 6) is 0.507. The summed E-state index contributed by atoms with van der Waals surface area (Å²) in [6, 6.07) is -0.119. The van der Waals surface area contributed by atoms with Crippen molar-refractivity contribution in [1.29, 1.82) is 0 Å². The van der Waals surface area contributed by atoms with E-state index in [9.17, 15) is 13.2 Å². The van der Waals surface area contributed by atoms with Crippen LogP contribution in [0.15, 0.2) is 0 Å². The van der Waals surface area contributed by atoms with Crippen LogP contribution in [0.2, 0.25) is 0 Å². The summed E-state index contributed by atoms with van der Waals surface area (Å²) in [6.45, 7) is 5.50. The van der Waals surface area contributed by atoms with E-state index in [2.05, 4.69) is 5.32 Å². The molecule has 2 fully saturated rings. The van der Waals surface area contributed by atoms with Crippen molar-refractivity contribution in [3.8, 4) is 0 Å². The first-order chi connectivity index (χ1) is 8.85. The highest BCUT2D eigenvalue weighted by molar-refractivity contribution is 7.91. The topological polar surface area (TPSA) is 75.7 Å². The van der Waals surface area contributed by atoms with Gasteiger partial charge >= 0.3 is 6.03 Å². The molecule has 2 amide bonds. The van der Waals surface area contributed by atoms with Crippen molar-refractivity contribution in [1.82, 2.24) is 10.2 Å². The molecule has 0 aromatic carbocycles. The van der Waals surface area contributed by atoms with Gasteiger partial charge in [-0.15, -0.1) is 0 Å². The van der Waals surface area contributed by atoms with E-state index in [1.807, 2.05) is 13.8 Å². The molecule has 1 N–H and O–H groups in total. The van der Waals surface area contributed by atoms with Crippen LogP contribution in [0.3, 0.4) is 0 Å². The quantitative estimate of drug-likeness (QED) is 0.790. The number of carbonyl (C=O) groups excluding carboxylic acids is 1. The van der Waals surface area contributed by atoms with E-state index in [0.29, 0.717) is 26.1 Å². The Balaban J connectivity index is 1.78. The van der Waals surface area contributed by atoms with Gasteiger partial charge in [0.25, 0.3) is 0 Å². The molecular weight excluding hydrogens is 268 g/mol. The number of hydrogen-bond acceptors (Lipinski definition) is 4. The molecular formula is C12H22N2O4S. The van der Waals surface area contributed by atoms with Gasteiger partial charge < -0.3 is 15.0 Å². The lowest BCUT2D eigenvalue weighted by molar-refractivity contribution is -0.0545. The number of ether oxygens (including phenoxy) is 1.